The smallest absolute Gasteiger partial charge is 0.257 e. The second-order valence-electron chi connectivity index (χ2n) is 6.70. The minimum atomic E-state index is -0.332. The van der Waals surface area contributed by atoms with Crippen LogP contribution in [0.4, 0.5) is 5.69 Å². The maximum atomic E-state index is 12.6. The van der Waals surface area contributed by atoms with E-state index < -0.39 is 0 Å². The van der Waals surface area contributed by atoms with E-state index in [1.807, 2.05) is 30.0 Å². The molecule has 1 aliphatic heterocycles. The van der Waals surface area contributed by atoms with Gasteiger partial charge in [-0.3, -0.25) is 9.59 Å². The Morgan fingerprint density at radius 3 is 2.57 bits per heavy atom. The molecule has 0 spiro atoms. The molecule has 1 aromatic carbocycles. The van der Waals surface area contributed by atoms with Crippen molar-refractivity contribution in [3.05, 3.63) is 53.2 Å². The van der Waals surface area contributed by atoms with Gasteiger partial charge < -0.3 is 10.2 Å². The van der Waals surface area contributed by atoms with Crippen LogP contribution in [0.5, 0.6) is 0 Å². The Morgan fingerprint density at radius 2 is 1.93 bits per heavy atom. The fraction of sp³-hybridized carbons (Fsp3) is 0.333. The Morgan fingerprint density at radius 1 is 1.25 bits per heavy atom. The van der Waals surface area contributed by atoms with E-state index >= 15 is 0 Å². The summed E-state index contributed by atoms with van der Waals surface area (Å²) in [6.07, 6.45) is 2.07. The van der Waals surface area contributed by atoms with E-state index in [2.05, 4.69) is 16.4 Å². The number of hydrogen-bond acceptors (Lipinski definition) is 5. The van der Waals surface area contributed by atoms with Gasteiger partial charge in [-0.05, 0) is 44.9 Å². The van der Waals surface area contributed by atoms with Crippen molar-refractivity contribution in [3.8, 4) is 6.07 Å². The highest BCUT2D eigenvalue weighted by Gasteiger charge is 2.26. The highest BCUT2D eigenvalue weighted by molar-refractivity contribution is 8.00. The zero-order valence-electron chi connectivity index (χ0n) is 15.9. The van der Waals surface area contributed by atoms with Crippen LogP contribution >= 0.6 is 11.8 Å². The highest BCUT2D eigenvalue weighted by Crippen LogP contribution is 2.28. The Hall–Kier alpha value is -2.85. The van der Waals surface area contributed by atoms with E-state index in [1.165, 1.54) is 11.8 Å². The molecule has 1 saturated heterocycles. The first-order chi connectivity index (χ1) is 13.5. The maximum Gasteiger partial charge on any atom is 0.257 e. The van der Waals surface area contributed by atoms with Crippen molar-refractivity contribution in [1.82, 2.24) is 9.88 Å². The maximum absolute atomic E-state index is 12.6. The highest BCUT2D eigenvalue weighted by atomic mass is 32.2. The van der Waals surface area contributed by atoms with Gasteiger partial charge in [0.25, 0.3) is 5.91 Å². The van der Waals surface area contributed by atoms with E-state index in [0.29, 0.717) is 27.5 Å². The van der Waals surface area contributed by atoms with Gasteiger partial charge in [-0.2, -0.15) is 5.26 Å². The third-order valence-corrected chi connectivity index (χ3v) is 5.72. The molecule has 6 nitrogen and oxygen atoms in total. The monoisotopic (exact) mass is 394 g/mol. The van der Waals surface area contributed by atoms with Crippen LogP contribution in [0.15, 0.2) is 41.4 Å². The van der Waals surface area contributed by atoms with E-state index in [9.17, 15) is 14.9 Å². The number of nitrogens with one attached hydrogen (secondary N) is 1. The van der Waals surface area contributed by atoms with Crippen LogP contribution in [0.25, 0.3) is 0 Å². The van der Waals surface area contributed by atoms with Gasteiger partial charge >= 0.3 is 0 Å². The lowest BCUT2D eigenvalue weighted by Crippen LogP contribution is -2.34. The van der Waals surface area contributed by atoms with Gasteiger partial charge in [0.1, 0.15) is 11.1 Å². The molecule has 2 aromatic rings. The van der Waals surface area contributed by atoms with Crippen molar-refractivity contribution < 1.29 is 9.59 Å². The van der Waals surface area contributed by atoms with Crippen molar-refractivity contribution in [2.75, 3.05) is 18.4 Å². The molecule has 0 bridgehead atoms. The summed E-state index contributed by atoms with van der Waals surface area (Å²) >= 11 is 1.27. The Kier molecular flexibility index (Phi) is 6.32. The van der Waals surface area contributed by atoms with Crippen molar-refractivity contribution in [2.45, 2.75) is 37.0 Å². The predicted molar refractivity (Wildman–Crippen MR) is 109 cm³/mol. The lowest BCUT2D eigenvalue weighted by molar-refractivity contribution is -0.129. The number of thioether (sulfide) groups is 1. The lowest BCUT2D eigenvalue weighted by atomic mass is 10.1. The summed E-state index contributed by atoms with van der Waals surface area (Å²) in [6, 6.07) is 12.8. The average molecular weight is 395 g/mol. The number of amides is 2. The number of anilines is 1. The molecule has 0 unspecified atom stereocenters. The van der Waals surface area contributed by atoms with Crippen LogP contribution in [0.2, 0.25) is 0 Å². The molecule has 3 rings (SSSR count). The van der Waals surface area contributed by atoms with Crippen LogP contribution in [-0.2, 0) is 4.79 Å². The SMILES string of the molecule is Cc1nc(S[C@@H](C)C(=O)N2CCCC2)c(C#N)cc1C(=O)Nc1ccccc1. The molecule has 2 heterocycles. The van der Waals surface area contributed by atoms with Gasteiger partial charge in [-0.1, -0.05) is 30.0 Å². The summed E-state index contributed by atoms with van der Waals surface area (Å²) in [7, 11) is 0. The number of nitriles is 1. The number of carbonyl (C=O) groups is 2. The minimum Gasteiger partial charge on any atom is -0.342 e. The largest absolute Gasteiger partial charge is 0.342 e. The summed E-state index contributed by atoms with van der Waals surface area (Å²) in [5, 5.41) is 12.5. The molecule has 1 atom stereocenters. The first kappa shape index (κ1) is 19.9. The fourth-order valence-electron chi connectivity index (χ4n) is 3.12. The number of nitrogens with zero attached hydrogens (tertiary/aromatic N) is 3. The molecule has 0 saturated carbocycles. The van der Waals surface area contributed by atoms with Crippen molar-refractivity contribution in [1.29, 1.82) is 5.26 Å². The normalized spacial score (nSPS) is 14.4. The van der Waals surface area contributed by atoms with Gasteiger partial charge in [-0.25, -0.2) is 4.98 Å². The zero-order chi connectivity index (χ0) is 20.1. The molecule has 1 N–H and O–H groups in total. The second-order valence-corrected chi connectivity index (χ2v) is 8.03. The van der Waals surface area contributed by atoms with Crippen molar-refractivity contribution >= 4 is 29.3 Å². The zero-order valence-corrected chi connectivity index (χ0v) is 16.8. The third kappa shape index (κ3) is 4.52. The molecule has 0 radical (unpaired) electrons. The fourth-order valence-corrected chi connectivity index (χ4v) is 4.12. The summed E-state index contributed by atoms with van der Waals surface area (Å²) < 4.78 is 0. The van der Waals surface area contributed by atoms with E-state index in [1.54, 1.807) is 25.1 Å². The number of likely N-dealkylation sites (tertiary alicyclic amines) is 1. The van der Waals surface area contributed by atoms with Crippen LogP contribution in [0.1, 0.15) is 41.4 Å². The second kappa shape index (κ2) is 8.89. The van der Waals surface area contributed by atoms with Crippen LogP contribution in [-0.4, -0.2) is 40.0 Å². The summed E-state index contributed by atoms with van der Waals surface area (Å²) in [5.74, 6) is -0.248. The van der Waals surface area contributed by atoms with E-state index in [0.717, 1.165) is 25.9 Å². The van der Waals surface area contributed by atoms with Crippen molar-refractivity contribution in [3.63, 3.8) is 0 Å². The number of benzene rings is 1. The molecule has 0 aliphatic carbocycles. The number of aromatic nitrogens is 1. The Labute approximate surface area is 169 Å². The minimum absolute atomic E-state index is 0.0664. The average Bonchev–Trinajstić information content (AvgIpc) is 3.23. The summed E-state index contributed by atoms with van der Waals surface area (Å²) in [5.41, 5.74) is 1.85. The number of carbonyl (C=O) groups excluding carboxylic acids is 2. The molecule has 1 aromatic heterocycles. The molecule has 2 amide bonds. The molecule has 144 valence electrons. The first-order valence-corrected chi connectivity index (χ1v) is 10.1. The van der Waals surface area contributed by atoms with Gasteiger partial charge in [0.2, 0.25) is 5.91 Å². The Bertz CT molecular complexity index is 918. The number of para-hydroxylation sites is 1. The molecule has 1 aliphatic rings. The van der Waals surface area contributed by atoms with Crippen LogP contribution in [0, 0.1) is 18.3 Å². The van der Waals surface area contributed by atoms with Crippen LogP contribution in [0.3, 0.4) is 0 Å². The van der Waals surface area contributed by atoms with Crippen LogP contribution < -0.4 is 5.32 Å². The van der Waals surface area contributed by atoms with E-state index in [-0.39, 0.29) is 17.1 Å². The quantitative estimate of drug-likeness (QED) is 0.783. The van der Waals surface area contributed by atoms with Gasteiger partial charge in [0.15, 0.2) is 0 Å². The van der Waals surface area contributed by atoms with Gasteiger partial charge in [0.05, 0.1) is 22.1 Å². The summed E-state index contributed by atoms with van der Waals surface area (Å²) in [4.78, 5) is 31.5. The molecule has 1 fully saturated rings. The first-order valence-electron chi connectivity index (χ1n) is 9.23. The van der Waals surface area contributed by atoms with Gasteiger partial charge in [0, 0.05) is 18.8 Å². The standard InChI is InChI=1S/C21H22N4O2S/c1-14-18(19(26)24-17-8-4-3-5-9-17)12-16(13-22)20(23-14)28-15(2)21(27)25-10-6-7-11-25/h3-5,8-9,12,15H,6-7,10-11H2,1-2H3,(H,24,26)/t15-/m0/s1. The Balaban J connectivity index is 1.78. The third-order valence-electron chi connectivity index (χ3n) is 4.63. The number of hydrogen-bond donors (Lipinski definition) is 1. The molecule has 7 heteroatoms. The molecular weight excluding hydrogens is 372 g/mol. The number of rotatable bonds is 5. The molecular formula is C21H22N4O2S. The topological polar surface area (TPSA) is 86.1 Å². The van der Waals surface area contributed by atoms with E-state index in [4.69, 9.17) is 0 Å². The van der Waals surface area contributed by atoms with Gasteiger partial charge in [-0.15, -0.1) is 0 Å². The predicted octanol–water partition coefficient (Wildman–Crippen LogP) is 3.62. The lowest BCUT2D eigenvalue weighted by Gasteiger charge is -2.20. The summed E-state index contributed by atoms with van der Waals surface area (Å²) in [6.45, 7) is 5.15. The van der Waals surface area contributed by atoms with Crippen molar-refractivity contribution in [2.24, 2.45) is 0 Å². The number of pyridine rings is 1. The molecule has 28 heavy (non-hydrogen) atoms. The number of aryl methyl sites for hydroxylation is 1.